The average Bonchev–Trinajstić information content (AvgIpc) is 2.61. The summed E-state index contributed by atoms with van der Waals surface area (Å²) in [6.45, 7) is 6.78. The van der Waals surface area contributed by atoms with Crippen molar-refractivity contribution in [3.63, 3.8) is 0 Å². The Morgan fingerprint density at radius 3 is 1.76 bits per heavy atom. The maximum atomic E-state index is 3.77. The second-order valence-corrected chi connectivity index (χ2v) is 7.61. The van der Waals surface area contributed by atoms with Crippen LogP contribution in [0.1, 0.15) is 26.3 Å². The monoisotopic (exact) mass is 325 g/mol. The van der Waals surface area contributed by atoms with Crippen LogP contribution < -0.4 is 5.32 Å². The third-order valence-electron chi connectivity index (χ3n) is 4.77. The molecule has 124 valence electrons. The van der Waals surface area contributed by atoms with Crippen LogP contribution in [0.4, 0.5) is 11.4 Å². The molecule has 4 aromatic carbocycles. The van der Waals surface area contributed by atoms with E-state index in [2.05, 4.69) is 105 Å². The molecule has 0 aliphatic heterocycles. The number of rotatable bonds is 2. The predicted molar refractivity (Wildman–Crippen MR) is 110 cm³/mol. The standard InChI is InChI=1S/C24H23N/c1-24(2,3)21-14-8-9-15-22(21)25-23-19-12-6-4-10-17(19)16-18-11-5-7-13-20(18)23/h4-16,25H,1-3H3. The summed E-state index contributed by atoms with van der Waals surface area (Å²) in [6, 6.07) is 28.1. The van der Waals surface area contributed by atoms with Crippen molar-refractivity contribution in [1.82, 2.24) is 0 Å². The number of anilines is 2. The predicted octanol–water partition coefficient (Wildman–Crippen LogP) is 7.03. The first kappa shape index (κ1) is 15.7. The van der Waals surface area contributed by atoms with Gasteiger partial charge in [0.15, 0.2) is 0 Å². The number of hydrogen-bond acceptors (Lipinski definition) is 1. The molecule has 0 saturated heterocycles. The van der Waals surface area contributed by atoms with Crippen molar-refractivity contribution in [3.8, 4) is 0 Å². The normalized spacial score (nSPS) is 11.8. The van der Waals surface area contributed by atoms with Gasteiger partial charge in [0.1, 0.15) is 0 Å². The highest BCUT2D eigenvalue weighted by atomic mass is 14.9. The number of hydrogen-bond donors (Lipinski definition) is 1. The number of benzene rings is 4. The van der Waals surface area contributed by atoms with E-state index in [1.807, 2.05) is 0 Å². The zero-order valence-electron chi connectivity index (χ0n) is 15.0. The van der Waals surface area contributed by atoms with Crippen LogP contribution in [0.3, 0.4) is 0 Å². The van der Waals surface area contributed by atoms with Crippen molar-refractivity contribution in [2.45, 2.75) is 26.2 Å². The van der Waals surface area contributed by atoms with E-state index in [0.717, 1.165) is 0 Å². The number of para-hydroxylation sites is 1. The van der Waals surface area contributed by atoms with E-state index in [1.165, 1.54) is 38.5 Å². The SMILES string of the molecule is CC(C)(C)c1ccccc1Nc1c2ccccc2cc2ccccc12. The molecule has 4 aromatic rings. The van der Waals surface area contributed by atoms with Gasteiger partial charge in [0.2, 0.25) is 0 Å². The van der Waals surface area contributed by atoms with E-state index < -0.39 is 0 Å². The molecule has 25 heavy (non-hydrogen) atoms. The Bertz CT molecular complexity index is 1000. The quantitative estimate of drug-likeness (QED) is 0.390. The lowest BCUT2D eigenvalue weighted by atomic mass is 9.85. The molecule has 0 aliphatic carbocycles. The molecule has 0 aliphatic rings. The van der Waals surface area contributed by atoms with Gasteiger partial charge >= 0.3 is 0 Å². The molecule has 0 bridgehead atoms. The zero-order chi connectivity index (χ0) is 17.4. The van der Waals surface area contributed by atoms with Gasteiger partial charge in [0.25, 0.3) is 0 Å². The van der Waals surface area contributed by atoms with Gasteiger partial charge in [-0.3, -0.25) is 0 Å². The molecule has 0 aromatic heterocycles. The van der Waals surface area contributed by atoms with E-state index in [9.17, 15) is 0 Å². The van der Waals surface area contributed by atoms with Crippen LogP contribution in [0.15, 0.2) is 78.9 Å². The Balaban J connectivity index is 1.98. The summed E-state index contributed by atoms with van der Waals surface area (Å²) in [5, 5.41) is 8.80. The molecule has 0 heterocycles. The third kappa shape index (κ3) is 2.87. The minimum atomic E-state index is 0.0873. The van der Waals surface area contributed by atoms with Gasteiger partial charge in [0.05, 0.1) is 5.69 Å². The van der Waals surface area contributed by atoms with Crippen molar-refractivity contribution in [3.05, 3.63) is 84.4 Å². The van der Waals surface area contributed by atoms with Crippen LogP contribution in [0.5, 0.6) is 0 Å². The number of fused-ring (bicyclic) bond motifs is 2. The Morgan fingerprint density at radius 1 is 0.640 bits per heavy atom. The highest BCUT2D eigenvalue weighted by Crippen LogP contribution is 2.37. The molecule has 1 nitrogen and oxygen atoms in total. The highest BCUT2D eigenvalue weighted by Gasteiger charge is 2.18. The zero-order valence-corrected chi connectivity index (χ0v) is 15.0. The first-order chi connectivity index (χ1) is 12.0. The van der Waals surface area contributed by atoms with E-state index in [4.69, 9.17) is 0 Å². The van der Waals surface area contributed by atoms with Crippen molar-refractivity contribution in [1.29, 1.82) is 0 Å². The molecule has 0 atom stereocenters. The fraction of sp³-hybridized carbons (Fsp3) is 0.167. The maximum Gasteiger partial charge on any atom is 0.0543 e. The topological polar surface area (TPSA) is 12.0 Å². The Kier molecular flexibility index (Phi) is 3.73. The largest absolute Gasteiger partial charge is 0.354 e. The molecular formula is C24H23N. The van der Waals surface area contributed by atoms with Gasteiger partial charge < -0.3 is 5.32 Å². The average molecular weight is 325 g/mol. The minimum absolute atomic E-state index is 0.0873. The van der Waals surface area contributed by atoms with Crippen LogP contribution in [0.25, 0.3) is 21.5 Å². The van der Waals surface area contributed by atoms with Gasteiger partial charge in [-0.15, -0.1) is 0 Å². The molecular weight excluding hydrogens is 302 g/mol. The summed E-state index contributed by atoms with van der Waals surface area (Å²) < 4.78 is 0. The summed E-state index contributed by atoms with van der Waals surface area (Å²) in [5.74, 6) is 0. The molecule has 0 radical (unpaired) electrons. The Labute approximate surface area is 149 Å². The lowest BCUT2D eigenvalue weighted by molar-refractivity contribution is 0.592. The summed E-state index contributed by atoms with van der Waals surface area (Å²) >= 11 is 0. The van der Waals surface area contributed by atoms with Crippen molar-refractivity contribution >= 4 is 32.9 Å². The molecule has 1 heteroatoms. The van der Waals surface area contributed by atoms with Gasteiger partial charge in [-0.05, 0) is 33.9 Å². The maximum absolute atomic E-state index is 3.77. The van der Waals surface area contributed by atoms with Gasteiger partial charge in [0, 0.05) is 16.5 Å². The summed E-state index contributed by atoms with van der Waals surface area (Å²) in [4.78, 5) is 0. The molecule has 1 N–H and O–H groups in total. The van der Waals surface area contributed by atoms with E-state index in [1.54, 1.807) is 0 Å². The van der Waals surface area contributed by atoms with E-state index >= 15 is 0 Å². The number of nitrogens with one attached hydrogen (secondary N) is 1. The summed E-state index contributed by atoms with van der Waals surface area (Å²) in [5.41, 5.74) is 3.78. The molecule has 0 spiro atoms. The minimum Gasteiger partial charge on any atom is -0.354 e. The van der Waals surface area contributed by atoms with Crippen molar-refractivity contribution in [2.75, 3.05) is 5.32 Å². The van der Waals surface area contributed by atoms with Crippen LogP contribution in [-0.4, -0.2) is 0 Å². The second-order valence-electron chi connectivity index (χ2n) is 7.61. The molecule has 0 fully saturated rings. The Morgan fingerprint density at radius 2 is 1.16 bits per heavy atom. The smallest absolute Gasteiger partial charge is 0.0543 e. The summed E-state index contributed by atoms with van der Waals surface area (Å²) in [7, 11) is 0. The summed E-state index contributed by atoms with van der Waals surface area (Å²) in [6.07, 6.45) is 0. The van der Waals surface area contributed by atoms with Crippen LogP contribution in [0, 0.1) is 0 Å². The molecule has 4 rings (SSSR count). The second kappa shape index (κ2) is 5.93. The van der Waals surface area contributed by atoms with E-state index in [-0.39, 0.29) is 5.41 Å². The van der Waals surface area contributed by atoms with Gasteiger partial charge in [-0.1, -0.05) is 87.5 Å². The fourth-order valence-corrected chi connectivity index (χ4v) is 3.53. The molecule has 0 unspecified atom stereocenters. The van der Waals surface area contributed by atoms with E-state index in [0.29, 0.717) is 0 Å². The lowest BCUT2D eigenvalue weighted by Gasteiger charge is -2.24. The lowest BCUT2D eigenvalue weighted by Crippen LogP contribution is -2.13. The van der Waals surface area contributed by atoms with Crippen LogP contribution in [0.2, 0.25) is 0 Å². The van der Waals surface area contributed by atoms with Crippen molar-refractivity contribution in [2.24, 2.45) is 0 Å². The first-order valence-electron chi connectivity index (χ1n) is 8.81. The Hall–Kier alpha value is -2.80. The highest BCUT2D eigenvalue weighted by molar-refractivity contribution is 6.12. The van der Waals surface area contributed by atoms with Crippen LogP contribution >= 0.6 is 0 Å². The molecule has 0 amide bonds. The van der Waals surface area contributed by atoms with Gasteiger partial charge in [-0.2, -0.15) is 0 Å². The van der Waals surface area contributed by atoms with Crippen molar-refractivity contribution < 1.29 is 0 Å². The first-order valence-corrected chi connectivity index (χ1v) is 8.81. The fourth-order valence-electron chi connectivity index (χ4n) is 3.53. The third-order valence-corrected chi connectivity index (χ3v) is 4.77. The van der Waals surface area contributed by atoms with Crippen LogP contribution in [-0.2, 0) is 5.41 Å². The molecule has 0 saturated carbocycles. The van der Waals surface area contributed by atoms with Gasteiger partial charge in [-0.25, -0.2) is 0 Å².